The minimum atomic E-state index is -1.03. The monoisotopic (exact) mass is 595 g/mol. The number of phenolic OH excluding ortho intramolecular Hbond substituents is 1. The third-order valence-corrected chi connectivity index (χ3v) is 9.42. The minimum absolute atomic E-state index is 0.105. The molecular formula is C35H35BClNO5. The molecule has 43 heavy (non-hydrogen) atoms. The summed E-state index contributed by atoms with van der Waals surface area (Å²) in [5.74, 6) is -1.32. The fraction of sp³-hybridized carbons (Fsp3) is 0.314. The summed E-state index contributed by atoms with van der Waals surface area (Å²) < 4.78 is 6.24. The van der Waals surface area contributed by atoms with Crippen LogP contribution in [-0.4, -0.2) is 35.2 Å². The highest BCUT2D eigenvalue weighted by Gasteiger charge is 2.57. The molecule has 2 heterocycles. The first-order valence-corrected chi connectivity index (χ1v) is 15.3. The van der Waals surface area contributed by atoms with Crippen LogP contribution in [0.15, 0.2) is 90.0 Å². The SMILES string of the molecule is CC(C)C1=C2[C@@H](CC/C(=C/c3ccc(O)cc3Cl)c3ccccc3)OB(O)C[C@@H]2[C@@H]2C(=O)N(c3ccccc3)C(=O)[C@@H]2C1. The van der Waals surface area contributed by atoms with E-state index >= 15 is 0 Å². The third kappa shape index (κ3) is 5.69. The van der Waals surface area contributed by atoms with Crippen LogP contribution in [0.2, 0.25) is 11.3 Å². The summed E-state index contributed by atoms with van der Waals surface area (Å²) >= 11 is 6.47. The van der Waals surface area contributed by atoms with Crippen molar-refractivity contribution >= 4 is 47.9 Å². The molecule has 0 radical (unpaired) electrons. The Balaban J connectivity index is 1.34. The van der Waals surface area contributed by atoms with Crippen molar-refractivity contribution in [1.29, 1.82) is 0 Å². The van der Waals surface area contributed by atoms with Gasteiger partial charge in [0.15, 0.2) is 0 Å². The zero-order valence-corrected chi connectivity index (χ0v) is 25.1. The van der Waals surface area contributed by atoms with Crippen LogP contribution < -0.4 is 4.90 Å². The average Bonchev–Trinajstić information content (AvgIpc) is 3.25. The molecule has 0 bridgehead atoms. The van der Waals surface area contributed by atoms with E-state index in [-0.39, 0.29) is 35.7 Å². The average molecular weight is 596 g/mol. The molecule has 6 nitrogen and oxygen atoms in total. The molecule has 2 fully saturated rings. The lowest BCUT2D eigenvalue weighted by Gasteiger charge is -2.44. The van der Waals surface area contributed by atoms with E-state index in [1.54, 1.807) is 24.3 Å². The molecule has 2 aliphatic heterocycles. The number of hydrogen-bond acceptors (Lipinski definition) is 5. The molecule has 3 aromatic carbocycles. The molecule has 4 atom stereocenters. The van der Waals surface area contributed by atoms with Crippen LogP contribution in [0, 0.1) is 23.7 Å². The van der Waals surface area contributed by atoms with Crippen molar-refractivity contribution < 1.29 is 24.4 Å². The summed E-state index contributed by atoms with van der Waals surface area (Å²) in [5.41, 5.74) is 5.69. The van der Waals surface area contributed by atoms with E-state index in [0.29, 0.717) is 30.0 Å². The van der Waals surface area contributed by atoms with E-state index in [9.17, 15) is 19.7 Å². The summed E-state index contributed by atoms with van der Waals surface area (Å²) in [6, 6.07) is 24.1. The zero-order chi connectivity index (χ0) is 30.2. The molecule has 0 saturated carbocycles. The quantitative estimate of drug-likeness (QED) is 0.133. The normalized spacial score (nSPS) is 24.1. The number of hydrogen-bond donors (Lipinski definition) is 2. The van der Waals surface area contributed by atoms with Crippen LogP contribution in [0.4, 0.5) is 5.69 Å². The summed E-state index contributed by atoms with van der Waals surface area (Å²) in [4.78, 5) is 29.0. The Morgan fingerprint density at radius 1 is 1.02 bits per heavy atom. The molecule has 2 saturated heterocycles. The van der Waals surface area contributed by atoms with E-state index in [1.807, 2.05) is 54.6 Å². The number of nitrogens with zero attached hydrogens (tertiary/aromatic N) is 1. The van der Waals surface area contributed by atoms with Gasteiger partial charge in [0.25, 0.3) is 0 Å². The highest BCUT2D eigenvalue weighted by atomic mass is 35.5. The first-order chi connectivity index (χ1) is 20.7. The van der Waals surface area contributed by atoms with Gasteiger partial charge in [0.05, 0.1) is 28.6 Å². The maximum absolute atomic E-state index is 13.9. The van der Waals surface area contributed by atoms with Gasteiger partial charge in [-0.15, -0.1) is 0 Å². The molecule has 0 spiro atoms. The Morgan fingerprint density at radius 2 is 1.72 bits per heavy atom. The van der Waals surface area contributed by atoms with E-state index < -0.39 is 25.1 Å². The van der Waals surface area contributed by atoms with Crippen LogP contribution in [0.3, 0.4) is 0 Å². The Kier molecular flexibility index (Phi) is 8.32. The number of fused-ring (bicyclic) bond motifs is 3. The predicted molar refractivity (Wildman–Crippen MR) is 170 cm³/mol. The van der Waals surface area contributed by atoms with Gasteiger partial charge < -0.3 is 14.8 Å². The molecule has 3 aromatic rings. The van der Waals surface area contributed by atoms with Gasteiger partial charge in [0, 0.05) is 0 Å². The van der Waals surface area contributed by atoms with E-state index in [0.717, 1.165) is 27.8 Å². The van der Waals surface area contributed by atoms with Crippen LogP contribution in [0.5, 0.6) is 5.75 Å². The van der Waals surface area contributed by atoms with Gasteiger partial charge in [-0.05, 0) is 96.1 Å². The molecule has 2 amide bonds. The lowest BCUT2D eigenvalue weighted by molar-refractivity contribution is -0.122. The number of carbonyl (C=O) groups excluding carboxylic acids is 2. The van der Waals surface area contributed by atoms with Gasteiger partial charge in [0.1, 0.15) is 5.75 Å². The van der Waals surface area contributed by atoms with Crippen LogP contribution in [-0.2, 0) is 14.2 Å². The van der Waals surface area contributed by atoms with E-state index in [2.05, 4.69) is 13.8 Å². The van der Waals surface area contributed by atoms with E-state index in [1.165, 1.54) is 11.0 Å². The smallest absolute Gasteiger partial charge is 0.455 e. The van der Waals surface area contributed by atoms with Crippen LogP contribution in [0.1, 0.15) is 44.2 Å². The fourth-order valence-electron chi connectivity index (χ4n) is 7.14. The highest BCUT2D eigenvalue weighted by Crippen LogP contribution is 2.52. The minimum Gasteiger partial charge on any atom is -0.508 e. The van der Waals surface area contributed by atoms with E-state index in [4.69, 9.17) is 16.3 Å². The molecule has 6 rings (SSSR count). The van der Waals surface area contributed by atoms with Crippen molar-refractivity contribution in [3.8, 4) is 5.75 Å². The number of para-hydroxylation sites is 1. The molecule has 1 aliphatic carbocycles. The number of imide groups is 1. The maximum Gasteiger partial charge on any atom is 0.455 e. The molecule has 3 aliphatic rings. The highest BCUT2D eigenvalue weighted by molar-refractivity contribution is 6.43. The molecular weight excluding hydrogens is 561 g/mol. The van der Waals surface area contributed by atoms with Crippen molar-refractivity contribution in [3.63, 3.8) is 0 Å². The molecule has 220 valence electrons. The van der Waals surface area contributed by atoms with Gasteiger partial charge in [-0.1, -0.05) is 79.6 Å². The molecule has 2 N–H and O–H groups in total. The Morgan fingerprint density at radius 3 is 2.40 bits per heavy atom. The zero-order valence-electron chi connectivity index (χ0n) is 24.3. The number of carbonyl (C=O) groups is 2. The summed E-state index contributed by atoms with van der Waals surface area (Å²) in [6.07, 6.45) is 3.63. The Labute approximate surface area is 257 Å². The van der Waals surface area contributed by atoms with Gasteiger partial charge >= 0.3 is 7.12 Å². The van der Waals surface area contributed by atoms with Crippen molar-refractivity contribution in [1.82, 2.24) is 0 Å². The first kappa shape index (κ1) is 29.4. The Bertz CT molecular complexity index is 1590. The number of amides is 2. The lowest BCUT2D eigenvalue weighted by atomic mass is 9.57. The largest absolute Gasteiger partial charge is 0.508 e. The number of halogens is 1. The number of allylic oxidation sites excluding steroid dienone is 2. The summed E-state index contributed by atoms with van der Waals surface area (Å²) in [7, 11) is -1.03. The first-order valence-electron chi connectivity index (χ1n) is 15.0. The molecule has 0 unspecified atom stereocenters. The van der Waals surface area contributed by atoms with Gasteiger partial charge in [-0.2, -0.15) is 0 Å². The van der Waals surface area contributed by atoms with Crippen LogP contribution >= 0.6 is 11.6 Å². The van der Waals surface area contributed by atoms with Crippen molar-refractivity contribution in [2.24, 2.45) is 23.7 Å². The summed E-state index contributed by atoms with van der Waals surface area (Å²) in [6.45, 7) is 4.25. The molecule has 0 aromatic heterocycles. The topological polar surface area (TPSA) is 87.1 Å². The maximum atomic E-state index is 13.9. The number of rotatable bonds is 7. The third-order valence-electron chi connectivity index (χ3n) is 9.09. The van der Waals surface area contributed by atoms with Crippen molar-refractivity contribution in [2.75, 3.05) is 4.90 Å². The number of aromatic hydroxyl groups is 1. The van der Waals surface area contributed by atoms with Crippen LogP contribution in [0.25, 0.3) is 11.6 Å². The number of anilines is 1. The predicted octanol–water partition coefficient (Wildman–Crippen LogP) is 7.02. The fourth-order valence-corrected chi connectivity index (χ4v) is 7.37. The molecule has 8 heteroatoms. The second kappa shape index (κ2) is 12.2. The van der Waals surface area contributed by atoms with Gasteiger partial charge in [0.2, 0.25) is 11.8 Å². The second-order valence-electron chi connectivity index (χ2n) is 12.0. The lowest BCUT2D eigenvalue weighted by Crippen LogP contribution is -2.46. The standard InChI is InChI=1S/C35H35BClNO5/c1-21(2)27-19-28-33(35(41)38(34(28)40)25-11-7-4-8-12-25)29-20-36(42)43-31(32(27)29)16-14-23(22-9-5-3-6-10-22)17-24-13-15-26(39)18-30(24)37/h3-13,15,17-18,21,28-29,31,33,39,42H,14,16,19-20H2,1-2H3/b23-17-/t28-,29+,31-,33-/m1/s1. The second-order valence-corrected chi connectivity index (χ2v) is 12.4. The number of phenols is 1. The summed E-state index contributed by atoms with van der Waals surface area (Å²) in [5, 5.41) is 21.3. The van der Waals surface area contributed by atoms with Gasteiger partial charge in [-0.3, -0.25) is 14.5 Å². The van der Waals surface area contributed by atoms with Crippen molar-refractivity contribution in [3.05, 3.63) is 106 Å². The number of benzene rings is 3. The van der Waals surface area contributed by atoms with Crippen molar-refractivity contribution in [2.45, 2.75) is 45.5 Å². The Hall–Kier alpha value is -3.65. The van der Waals surface area contributed by atoms with Gasteiger partial charge in [-0.25, -0.2) is 0 Å².